The molecule has 4 atom stereocenters. The van der Waals surface area contributed by atoms with Crippen LogP contribution in [0.4, 0.5) is 15.8 Å². The third-order valence-electron chi connectivity index (χ3n) is 8.71. The number of pyridine rings is 1. The predicted molar refractivity (Wildman–Crippen MR) is 144 cm³/mol. The van der Waals surface area contributed by atoms with Crippen LogP contribution in [-0.4, -0.2) is 40.8 Å². The van der Waals surface area contributed by atoms with Gasteiger partial charge in [-0.3, -0.25) is 19.5 Å². The van der Waals surface area contributed by atoms with Crippen molar-refractivity contribution in [1.29, 1.82) is 0 Å². The van der Waals surface area contributed by atoms with Crippen LogP contribution in [0.15, 0.2) is 60.9 Å². The molecule has 3 aromatic rings. The largest absolute Gasteiger partial charge is 0.324 e. The van der Waals surface area contributed by atoms with E-state index in [1.807, 2.05) is 6.07 Å². The lowest BCUT2D eigenvalue weighted by Crippen LogP contribution is -2.54. The Bertz CT molecular complexity index is 1470. The zero-order valence-corrected chi connectivity index (χ0v) is 21.9. The van der Waals surface area contributed by atoms with E-state index in [2.05, 4.69) is 15.2 Å². The van der Waals surface area contributed by atoms with Gasteiger partial charge in [0.2, 0.25) is 11.8 Å². The Hall–Kier alpha value is -3.00. The highest BCUT2D eigenvalue weighted by Crippen LogP contribution is 2.62. The summed E-state index contributed by atoms with van der Waals surface area (Å²) in [5, 5.41) is 3.51. The van der Waals surface area contributed by atoms with Crippen LogP contribution in [-0.2, 0) is 15.1 Å². The SMILES string of the molecule is O=C1[C@@H]2[C@H](CCN1c1ccncc1)N(CC1CC1)[C@@]1(C(=O)Nc3cc(Cl)ccc31)[C@H]2c1cccc(Cl)c1F. The average Bonchev–Trinajstić information content (AvgIpc) is 3.63. The molecule has 1 N–H and O–H groups in total. The second kappa shape index (κ2) is 8.76. The van der Waals surface area contributed by atoms with Gasteiger partial charge in [0.25, 0.3) is 0 Å². The summed E-state index contributed by atoms with van der Waals surface area (Å²) in [6.45, 7) is 1.17. The lowest BCUT2D eigenvalue weighted by molar-refractivity contribution is -0.128. The van der Waals surface area contributed by atoms with E-state index in [9.17, 15) is 9.59 Å². The first-order valence-corrected chi connectivity index (χ1v) is 13.7. The molecule has 0 unspecified atom stereocenters. The number of hydrogen-bond acceptors (Lipinski definition) is 4. The standard InChI is InChI=1S/C29H25Cl2FN4O2/c30-17-6-7-20-22(14-17)34-28(38)29(20)25(19-2-1-3-21(31)26(19)32)24-23(36(29)15-16-4-5-16)10-13-35(27(24)37)18-8-11-33-12-9-18/h1-3,6-9,11-12,14,16,23-25H,4-5,10,13,15H2,(H,34,38)/t23-,24+,25-,29+/m0/s1. The third-order valence-corrected chi connectivity index (χ3v) is 9.23. The molecule has 0 bridgehead atoms. The highest BCUT2D eigenvalue weighted by molar-refractivity contribution is 6.31. The first-order valence-electron chi connectivity index (χ1n) is 12.9. The number of carbonyl (C=O) groups is 2. The fraction of sp³-hybridized carbons (Fsp3) is 0.345. The molecule has 1 saturated carbocycles. The summed E-state index contributed by atoms with van der Waals surface area (Å²) in [5.74, 6) is -1.97. The van der Waals surface area contributed by atoms with E-state index in [0.717, 1.165) is 24.1 Å². The molecule has 4 heterocycles. The molecule has 0 radical (unpaired) electrons. The van der Waals surface area contributed by atoms with Crippen molar-refractivity contribution in [2.75, 3.05) is 23.3 Å². The molecule has 3 aliphatic heterocycles. The molecule has 2 amide bonds. The highest BCUT2D eigenvalue weighted by atomic mass is 35.5. The van der Waals surface area contributed by atoms with Crippen LogP contribution >= 0.6 is 23.2 Å². The number of likely N-dealkylation sites (tertiary alicyclic amines) is 1. The summed E-state index contributed by atoms with van der Waals surface area (Å²) in [5.41, 5.74) is 1.09. The van der Waals surface area contributed by atoms with Crippen LogP contribution in [0.3, 0.4) is 0 Å². The quantitative estimate of drug-likeness (QED) is 0.458. The fourth-order valence-electron chi connectivity index (χ4n) is 7.01. The van der Waals surface area contributed by atoms with Crippen LogP contribution in [0, 0.1) is 17.7 Å². The summed E-state index contributed by atoms with van der Waals surface area (Å²) < 4.78 is 15.9. The van der Waals surface area contributed by atoms with Crippen LogP contribution in [0.5, 0.6) is 0 Å². The van der Waals surface area contributed by atoms with Crippen molar-refractivity contribution >= 4 is 46.4 Å². The lowest BCUT2D eigenvalue weighted by Gasteiger charge is -2.40. The van der Waals surface area contributed by atoms with E-state index in [4.69, 9.17) is 23.2 Å². The zero-order valence-electron chi connectivity index (χ0n) is 20.4. The van der Waals surface area contributed by atoms with Crippen LogP contribution in [0.25, 0.3) is 0 Å². The Morgan fingerprint density at radius 3 is 2.61 bits per heavy atom. The molecule has 9 heteroatoms. The minimum absolute atomic E-state index is 0.0289. The Morgan fingerprint density at radius 2 is 1.84 bits per heavy atom. The number of amides is 2. The number of anilines is 2. The molecule has 2 saturated heterocycles. The van der Waals surface area contributed by atoms with E-state index >= 15 is 4.39 Å². The smallest absolute Gasteiger partial charge is 0.250 e. The fourth-order valence-corrected chi connectivity index (χ4v) is 7.37. The van der Waals surface area contributed by atoms with Crippen molar-refractivity contribution in [1.82, 2.24) is 9.88 Å². The highest BCUT2D eigenvalue weighted by Gasteiger charge is 2.70. The molecule has 1 aliphatic carbocycles. The number of piperidine rings is 1. The summed E-state index contributed by atoms with van der Waals surface area (Å²) in [6.07, 6.45) is 6.12. The molecular formula is C29H25Cl2FN4O2. The molecule has 1 aromatic heterocycles. The number of benzene rings is 2. The van der Waals surface area contributed by atoms with E-state index < -0.39 is 23.2 Å². The number of nitrogens with zero attached hydrogens (tertiary/aromatic N) is 3. The number of fused-ring (bicyclic) bond motifs is 3. The van der Waals surface area contributed by atoms with Gasteiger partial charge in [-0.15, -0.1) is 0 Å². The number of aromatic nitrogens is 1. The molecule has 7 rings (SSSR count). The second-order valence-electron chi connectivity index (χ2n) is 10.7. The summed E-state index contributed by atoms with van der Waals surface area (Å²) in [4.78, 5) is 36.8. The molecule has 6 nitrogen and oxygen atoms in total. The maximum Gasteiger partial charge on any atom is 0.250 e. The Balaban J connectivity index is 1.48. The normalized spacial score (nSPS) is 28.5. The maximum absolute atomic E-state index is 15.9. The van der Waals surface area contributed by atoms with E-state index in [0.29, 0.717) is 36.1 Å². The van der Waals surface area contributed by atoms with Crippen LogP contribution in [0.1, 0.15) is 36.3 Å². The molecule has 38 heavy (non-hydrogen) atoms. The first-order chi connectivity index (χ1) is 18.4. The van der Waals surface area contributed by atoms with Gasteiger partial charge < -0.3 is 10.2 Å². The summed E-state index contributed by atoms with van der Waals surface area (Å²) in [6, 6.07) is 13.6. The lowest BCUT2D eigenvalue weighted by atomic mass is 9.70. The van der Waals surface area contributed by atoms with Crippen molar-refractivity contribution in [2.45, 2.75) is 36.8 Å². The topological polar surface area (TPSA) is 65.5 Å². The Kier molecular flexibility index (Phi) is 5.55. The van der Waals surface area contributed by atoms with Gasteiger partial charge >= 0.3 is 0 Å². The molecular weight excluding hydrogens is 526 g/mol. The van der Waals surface area contributed by atoms with E-state index in [-0.39, 0.29) is 28.4 Å². The molecule has 3 fully saturated rings. The van der Waals surface area contributed by atoms with Gasteiger partial charge in [-0.2, -0.15) is 0 Å². The number of halogens is 3. The van der Waals surface area contributed by atoms with Gasteiger partial charge in [0.05, 0.1) is 10.9 Å². The second-order valence-corrected chi connectivity index (χ2v) is 11.5. The van der Waals surface area contributed by atoms with Gasteiger partial charge in [0.15, 0.2) is 0 Å². The van der Waals surface area contributed by atoms with Crippen molar-refractivity contribution in [3.05, 3.63) is 87.9 Å². The van der Waals surface area contributed by atoms with Crippen molar-refractivity contribution in [3.8, 4) is 0 Å². The molecule has 194 valence electrons. The Labute approximate surface area is 229 Å². The third kappa shape index (κ3) is 3.38. The minimum atomic E-state index is -1.27. The van der Waals surface area contributed by atoms with Gasteiger partial charge in [0, 0.05) is 59.4 Å². The minimum Gasteiger partial charge on any atom is -0.324 e. The summed E-state index contributed by atoms with van der Waals surface area (Å²) >= 11 is 12.6. The summed E-state index contributed by atoms with van der Waals surface area (Å²) in [7, 11) is 0. The number of carbonyl (C=O) groups excluding carboxylic acids is 2. The molecule has 4 aliphatic rings. The number of nitrogens with one attached hydrogen (secondary N) is 1. The number of hydrogen-bond donors (Lipinski definition) is 1. The first kappa shape index (κ1) is 24.1. The van der Waals surface area contributed by atoms with E-state index in [1.165, 1.54) is 6.07 Å². The molecule has 1 spiro atoms. The predicted octanol–water partition coefficient (Wildman–Crippen LogP) is 5.61. The van der Waals surface area contributed by atoms with Gasteiger partial charge in [0.1, 0.15) is 11.4 Å². The van der Waals surface area contributed by atoms with Crippen molar-refractivity contribution < 1.29 is 14.0 Å². The Morgan fingerprint density at radius 1 is 1.05 bits per heavy atom. The van der Waals surface area contributed by atoms with Crippen molar-refractivity contribution in [3.63, 3.8) is 0 Å². The van der Waals surface area contributed by atoms with Gasteiger partial charge in [-0.1, -0.05) is 41.4 Å². The van der Waals surface area contributed by atoms with Gasteiger partial charge in [-0.05, 0) is 61.1 Å². The average molecular weight is 551 g/mol. The van der Waals surface area contributed by atoms with Crippen LogP contribution in [0.2, 0.25) is 10.0 Å². The van der Waals surface area contributed by atoms with Crippen molar-refractivity contribution in [2.24, 2.45) is 11.8 Å². The zero-order chi connectivity index (χ0) is 26.2. The maximum atomic E-state index is 15.9. The van der Waals surface area contributed by atoms with Crippen LogP contribution < -0.4 is 10.2 Å². The number of rotatable bonds is 4. The monoisotopic (exact) mass is 550 g/mol. The molecule has 2 aromatic carbocycles. The van der Waals surface area contributed by atoms with Gasteiger partial charge in [-0.25, -0.2) is 4.39 Å². The van der Waals surface area contributed by atoms with E-state index in [1.54, 1.807) is 53.7 Å².